The topological polar surface area (TPSA) is 103 Å². The van der Waals surface area contributed by atoms with Crippen molar-refractivity contribution in [1.29, 1.82) is 0 Å². The number of rotatable bonds is 7. The Balaban J connectivity index is 1.87. The van der Waals surface area contributed by atoms with Crippen molar-refractivity contribution in [2.45, 2.75) is 30.4 Å². The Morgan fingerprint density at radius 1 is 1.46 bits per heavy atom. The summed E-state index contributed by atoms with van der Waals surface area (Å²) in [6, 6.07) is 4.75. The van der Waals surface area contributed by atoms with E-state index >= 15 is 0 Å². The second-order valence-electron chi connectivity index (χ2n) is 5.52. The van der Waals surface area contributed by atoms with Gasteiger partial charge in [-0.05, 0) is 31.0 Å². The highest BCUT2D eigenvalue weighted by molar-refractivity contribution is 7.89. The molecule has 2 N–H and O–H groups in total. The number of nitrogens with zero attached hydrogens (tertiary/aromatic N) is 1. The van der Waals surface area contributed by atoms with Gasteiger partial charge in [-0.1, -0.05) is 0 Å². The molecule has 7 nitrogen and oxygen atoms in total. The van der Waals surface area contributed by atoms with Crippen molar-refractivity contribution in [3.8, 4) is 0 Å². The molecule has 0 saturated carbocycles. The fraction of sp³-hybridized carbons (Fsp3) is 0.400. The van der Waals surface area contributed by atoms with Gasteiger partial charge in [0, 0.05) is 18.5 Å². The van der Waals surface area contributed by atoms with Crippen LogP contribution in [0, 0.1) is 0 Å². The van der Waals surface area contributed by atoms with Crippen LogP contribution in [-0.2, 0) is 21.3 Å². The molecule has 3 rings (SSSR count). The van der Waals surface area contributed by atoms with E-state index < -0.39 is 15.9 Å². The third-order valence-corrected chi connectivity index (χ3v) is 6.68. The van der Waals surface area contributed by atoms with Gasteiger partial charge in [-0.15, -0.1) is 11.3 Å². The molecule has 1 fully saturated rings. The first-order valence-corrected chi connectivity index (χ1v) is 9.81. The third-order valence-electron chi connectivity index (χ3n) is 3.80. The van der Waals surface area contributed by atoms with Gasteiger partial charge >= 0.3 is 0 Å². The molecule has 0 aliphatic carbocycles. The molecule has 1 saturated heterocycles. The predicted octanol–water partition coefficient (Wildman–Crippen LogP) is 1.81. The maximum atomic E-state index is 13.0. The third kappa shape index (κ3) is 3.69. The van der Waals surface area contributed by atoms with Crippen LogP contribution in [0.2, 0.25) is 0 Å². The van der Waals surface area contributed by atoms with E-state index in [4.69, 9.17) is 14.9 Å². The SMILES string of the molecule is NC(=O)c1cc(S(=O)(=O)N(Cc2ccco2)C[C@@H]2CCCO2)cs1. The summed E-state index contributed by atoms with van der Waals surface area (Å²) in [7, 11) is -3.78. The van der Waals surface area contributed by atoms with Gasteiger partial charge in [0.15, 0.2) is 0 Å². The van der Waals surface area contributed by atoms with Crippen molar-refractivity contribution in [1.82, 2.24) is 4.31 Å². The van der Waals surface area contributed by atoms with Gasteiger partial charge in [-0.3, -0.25) is 4.79 Å². The predicted molar refractivity (Wildman–Crippen MR) is 88.1 cm³/mol. The molecular weight excluding hydrogens is 352 g/mol. The molecule has 2 aromatic rings. The molecule has 1 aliphatic heterocycles. The maximum Gasteiger partial charge on any atom is 0.258 e. The van der Waals surface area contributed by atoms with Crippen molar-refractivity contribution >= 4 is 27.3 Å². The number of hydrogen-bond acceptors (Lipinski definition) is 6. The Morgan fingerprint density at radius 3 is 2.88 bits per heavy atom. The minimum absolute atomic E-state index is 0.0610. The second-order valence-corrected chi connectivity index (χ2v) is 8.37. The van der Waals surface area contributed by atoms with E-state index in [1.165, 1.54) is 22.0 Å². The number of carbonyl (C=O) groups excluding carboxylic acids is 1. The van der Waals surface area contributed by atoms with Crippen LogP contribution >= 0.6 is 11.3 Å². The molecule has 1 aliphatic rings. The fourth-order valence-corrected chi connectivity index (χ4v) is 5.12. The molecule has 24 heavy (non-hydrogen) atoms. The van der Waals surface area contributed by atoms with E-state index in [0.29, 0.717) is 12.4 Å². The van der Waals surface area contributed by atoms with Crippen molar-refractivity contribution in [3.63, 3.8) is 0 Å². The first-order chi connectivity index (χ1) is 11.5. The normalized spacial score (nSPS) is 18.3. The molecule has 1 amide bonds. The van der Waals surface area contributed by atoms with Gasteiger partial charge in [-0.25, -0.2) is 8.42 Å². The first kappa shape index (κ1) is 17.2. The van der Waals surface area contributed by atoms with Crippen LogP contribution in [0.1, 0.15) is 28.3 Å². The molecule has 0 spiro atoms. The summed E-state index contributed by atoms with van der Waals surface area (Å²) in [5.41, 5.74) is 5.22. The first-order valence-electron chi connectivity index (χ1n) is 7.49. The lowest BCUT2D eigenvalue weighted by atomic mass is 10.2. The summed E-state index contributed by atoms with van der Waals surface area (Å²) in [6.07, 6.45) is 3.11. The van der Waals surface area contributed by atoms with Crippen LogP contribution in [-0.4, -0.2) is 37.9 Å². The number of nitrogens with two attached hydrogens (primary N) is 1. The number of hydrogen-bond donors (Lipinski definition) is 1. The maximum absolute atomic E-state index is 13.0. The Morgan fingerprint density at radius 2 is 2.29 bits per heavy atom. The highest BCUT2D eigenvalue weighted by Gasteiger charge is 2.31. The summed E-state index contributed by atoms with van der Waals surface area (Å²) in [4.78, 5) is 11.5. The fourth-order valence-electron chi connectivity index (χ4n) is 2.57. The second kappa shape index (κ2) is 7.06. The highest BCUT2D eigenvalue weighted by Crippen LogP contribution is 2.26. The molecular formula is C15H18N2O5S2. The van der Waals surface area contributed by atoms with E-state index in [0.717, 1.165) is 24.2 Å². The lowest BCUT2D eigenvalue weighted by molar-refractivity contribution is 0.0914. The van der Waals surface area contributed by atoms with E-state index in [1.54, 1.807) is 12.1 Å². The summed E-state index contributed by atoms with van der Waals surface area (Å²) in [5.74, 6) is -0.0971. The summed E-state index contributed by atoms with van der Waals surface area (Å²) in [5, 5.41) is 1.43. The molecule has 0 bridgehead atoms. The van der Waals surface area contributed by atoms with E-state index in [-0.39, 0.29) is 29.0 Å². The van der Waals surface area contributed by atoms with Crippen molar-refractivity contribution in [2.24, 2.45) is 5.73 Å². The number of furan rings is 1. The van der Waals surface area contributed by atoms with Crippen molar-refractivity contribution < 1.29 is 22.4 Å². The minimum atomic E-state index is -3.78. The number of amides is 1. The van der Waals surface area contributed by atoms with Crippen LogP contribution < -0.4 is 5.73 Å². The van der Waals surface area contributed by atoms with E-state index in [1.807, 2.05) is 0 Å². The molecule has 2 aromatic heterocycles. The molecule has 0 aromatic carbocycles. The smallest absolute Gasteiger partial charge is 0.258 e. The van der Waals surface area contributed by atoms with E-state index in [9.17, 15) is 13.2 Å². The molecule has 9 heteroatoms. The largest absolute Gasteiger partial charge is 0.468 e. The van der Waals surface area contributed by atoms with Gasteiger partial charge in [-0.2, -0.15) is 4.31 Å². The van der Waals surface area contributed by atoms with Crippen LogP contribution in [0.4, 0.5) is 0 Å². The molecule has 3 heterocycles. The van der Waals surface area contributed by atoms with E-state index in [2.05, 4.69) is 0 Å². The average molecular weight is 370 g/mol. The molecule has 0 unspecified atom stereocenters. The van der Waals surface area contributed by atoms with Crippen LogP contribution in [0.25, 0.3) is 0 Å². The van der Waals surface area contributed by atoms with Crippen molar-refractivity contribution in [2.75, 3.05) is 13.2 Å². The minimum Gasteiger partial charge on any atom is -0.468 e. The quantitative estimate of drug-likeness (QED) is 0.801. The Kier molecular flexibility index (Phi) is 5.04. The lowest BCUT2D eigenvalue weighted by Gasteiger charge is -2.23. The Bertz CT molecular complexity index is 792. The van der Waals surface area contributed by atoms with Crippen LogP contribution in [0.5, 0.6) is 0 Å². The number of sulfonamides is 1. The van der Waals surface area contributed by atoms with Gasteiger partial charge in [0.1, 0.15) is 5.76 Å². The number of primary amides is 1. The summed E-state index contributed by atoms with van der Waals surface area (Å²) in [6.45, 7) is 0.991. The van der Waals surface area contributed by atoms with Gasteiger partial charge in [0.25, 0.3) is 5.91 Å². The Labute approximate surface area is 144 Å². The average Bonchev–Trinajstić information content (AvgIpc) is 3.29. The Hall–Kier alpha value is -1.68. The van der Waals surface area contributed by atoms with Gasteiger partial charge < -0.3 is 14.9 Å². The standard InChI is InChI=1S/C15H18N2O5S2/c16-15(18)14-7-13(10-23-14)24(19,20)17(8-11-3-1-5-21-11)9-12-4-2-6-22-12/h1,3,5,7,10,12H,2,4,6,8-9H2,(H2,16,18)/t12-/m0/s1. The zero-order valence-electron chi connectivity index (χ0n) is 12.9. The van der Waals surface area contributed by atoms with Crippen molar-refractivity contribution in [3.05, 3.63) is 40.5 Å². The number of thiophene rings is 1. The van der Waals surface area contributed by atoms with Crippen LogP contribution in [0.15, 0.2) is 39.2 Å². The highest BCUT2D eigenvalue weighted by atomic mass is 32.2. The van der Waals surface area contributed by atoms with Crippen LogP contribution in [0.3, 0.4) is 0 Å². The monoisotopic (exact) mass is 370 g/mol. The summed E-state index contributed by atoms with van der Waals surface area (Å²) < 4.78 is 38.1. The number of ether oxygens (including phenoxy) is 1. The molecule has 0 radical (unpaired) electrons. The molecule has 1 atom stereocenters. The summed E-state index contributed by atoms with van der Waals surface area (Å²) >= 11 is 1.02. The zero-order chi connectivity index (χ0) is 17.2. The zero-order valence-corrected chi connectivity index (χ0v) is 14.5. The number of carbonyl (C=O) groups is 1. The molecule has 130 valence electrons. The lowest BCUT2D eigenvalue weighted by Crippen LogP contribution is -2.36. The van der Waals surface area contributed by atoms with Gasteiger partial charge in [0.05, 0.1) is 28.7 Å². The van der Waals surface area contributed by atoms with Gasteiger partial charge in [0.2, 0.25) is 10.0 Å².